The fourth-order valence-corrected chi connectivity index (χ4v) is 2.21. The van der Waals surface area contributed by atoms with E-state index in [0.717, 1.165) is 12.1 Å². The second kappa shape index (κ2) is 4.67. The highest BCUT2D eigenvalue weighted by molar-refractivity contribution is 5.99. The first kappa shape index (κ1) is 14.1. The maximum absolute atomic E-state index is 12.9. The number of hydrogen-bond acceptors (Lipinski definition) is 2. The van der Waals surface area contributed by atoms with Crippen LogP contribution in [0.3, 0.4) is 0 Å². The van der Waals surface area contributed by atoms with E-state index in [-0.39, 0.29) is 24.1 Å². The van der Waals surface area contributed by atoms with Crippen molar-refractivity contribution < 1.29 is 18.0 Å². The third-order valence-electron chi connectivity index (χ3n) is 3.33. The Morgan fingerprint density at radius 1 is 1.45 bits per heavy atom. The molecule has 1 amide bonds. The van der Waals surface area contributed by atoms with Gasteiger partial charge in [-0.15, -0.1) is 0 Å². The van der Waals surface area contributed by atoms with Crippen LogP contribution in [0.25, 0.3) is 0 Å². The fourth-order valence-electron chi connectivity index (χ4n) is 2.21. The van der Waals surface area contributed by atoms with E-state index in [9.17, 15) is 18.0 Å². The summed E-state index contributed by atoms with van der Waals surface area (Å²) in [5, 5.41) is 8.74. The molecule has 0 bridgehead atoms. The quantitative estimate of drug-likeness (QED) is 0.741. The smallest absolute Gasteiger partial charge is 0.305 e. The number of carbonyl (C=O) groups is 1. The highest BCUT2D eigenvalue weighted by Gasteiger charge is 2.37. The predicted octanol–water partition coefficient (Wildman–Crippen LogP) is 3.26. The predicted molar refractivity (Wildman–Crippen MR) is 66.9 cm³/mol. The second-order valence-corrected chi connectivity index (χ2v) is 4.61. The molecule has 1 fully saturated rings. The van der Waals surface area contributed by atoms with Crippen LogP contribution in [-0.2, 0) is 11.0 Å². The number of anilines is 1. The maximum atomic E-state index is 12.9. The summed E-state index contributed by atoms with van der Waals surface area (Å²) in [6.45, 7) is 5.44. The number of carbonyl (C=O) groups excluding carboxylic acids is 1. The molecule has 6 heteroatoms. The Morgan fingerprint density at radius 2 is 2.10 bits per heavy atom. The van der Waals surface area contributed by atoms with Gasteiger partial charge >= 0.3 is 6.18 Å². The SMILES string of the molecule is C=C1CC(=O)N(c2ccc(C#N)c(C(F)(F)F)c2)[C@H]1C. The Kier molecular flexibility index (Phi) is 3.30. The lowest BCUT2D eigenvalue weighted by Crippen LogP contribution is -2.31. The first-order chi connectivity index (χ1) is 9.25. The monoisotopic (exact) mass is 280 g/mol. The van der Waals surface area contributed by atoms with E-state index < -0.39 is 17.3 Å². The molecule has 1 heterocycles. The van der Waals surface area contributed by atoms with Gasteiger partial charge in [0.15, 0.2) is 0 Å². The third kappa shape index (κ3) is 2.27. The molecule has 1 aromatic rings. The van der Waals surface area contributed by atoms with Gasteiger partial charge in [0.25, 0.3) is 0 Å². The average molecular weight is 280 g/mol. The molecule has 104 valence electrons. The van der Waals surface area contributed by atoms with Gasteiger partial charge in [0.1, 0.15) is 0 Å². The van der Waals surface area contributed by atoms with E-state index in [1.807, 2.05) is 0 Å². The van der Waals surface area contributed by atoms with Crippen molar-refractivity contribution in [3.63, 3.8) is 0 Å². The van der Waals surface area contributed by atoms with Crippen molar-refractivity contribution in [2.75, 3.05) is 4.90 Å². The number of hydrogen-bond donors (Lipinski definition) is 0. The summed E-state index contributed by atoms with van der Waals surface area (Å²) in [6.07, 6.45) is -4.51. The van der Waals surface area contributed by atoms with Gasteiger partial charge in [-0.1, -0.05) is 6.58 Å². The molecular weight excluding hydrogens is 269 g/mol. The summed E-state index contributed by atoms with van der Waals surface area (Å²) in [6, 6.07) is 4.43. The number of benzene rings is 1. The molecule has 2 rings (SSSR count). The molecule has 0 spiro atoms. The standard InChI is InChI=1S/C14H11F3N2O/c1-8-5-13(20)19(9(8)2)11-4-3-10(7-18)12(6-11)14(15,16)17/h3-4,6,9H,1,5H2,2H3/t9-/m0/s1. The summed E-state index contributed by atoms with van der Waals surface area (Å²) in [5.74, 6) is -0.291. The first-order valence-corrected chi connectivity index (χ1v) is 5.86. The largest absolute Gasteiger partial charge is 0.417 e. The number of nitriles is 1. The number of rotatable bonds is 1. The zero-order valence-corrected chi connectivity index (χ0v) is 10.7. The van der Waals surface area contributed by atoms with E-state index in [1.54, 1.807) is 6.92 Å². The van der Waals surface area contributed by atoms with Gasteiger partial charge in [-0.05, 0) is 30.7 Å². The van der Waals surface area contributed by atoms with Crippen molar-refractivity contribution in [3.05, 3.63) is 41.5 Å². The number of nitrogens with zero attached hydrogens (tertiary/aromatic N) is 2. The topological polar surface area (TPSA) is 44.1 Å². The van der Waals surface area contributed by atoms with Gasteiger partial charge in [0, 0.05) is 12.1 Å². The lowest BCUT2D eigenvalue weighted by atomic mass is 10.1. The van der Waals surface area contributed by atoms with Crippen LogP contribution in [0.4, 0.5) is 18.9 Å². The summed E-state index contributed by atoms with van der Waals surface area (Å²) in [5.41, 5.74) is -0.699. The molecule has 1 aromatic carbocycles. The number of amides is 1. The molecule has 0 N–H and O–H groups in total. The van der Waals surface area contributed by atoms with E-state index in [2.05, 4.69) is 6.58 Å². The van der Waals surface area contributed by atoms with Crippen LogP contribution in [0.5, 0.6) is 0 Å². The van der Waals surface area contributed by atoms with E-state index in [1.165, 1.54) is 17.0 Å². The van der Waals surface area contributed by atoms with E-state index in [4.69, 9.17) is 5.26 Å². The van der Waals surface area contributed by atoms with E-state index in [0.29, 0.717) is 5.57 Å². The Hall–Kier alpha value is -2.29. The van der Waals surface area contributed by atoms with Crippen molar-refractivity contribution in [1.29, 1.82) is 5.26 Å². The zero-order valence-electron chi connectivity index (χ0n) is 10.7. The third-order valence-corrected chi connectivity index (χ3v) is 3.33. The minimum Gasteiger partial charge on any atom is -0.305 e. The molecule has 0 saturated carbocycles. The molecule has 1 aliphatic rings. The highest BCUT2D eigenvalue weighted by Crippen LogP contribution is 2.36. The molecule has 0 aromatic heterocycles. The minimum atomic E-state index is -4.63. The Morgan fingerprint density at radius 3 is 2.55 bits per heavy atom. The molecule has 0 aliphatic carbocycles. The molecule has 1 atom stereocenters. The Labute approximate surface area is 113 Å². The zero-order chi connectivity index (χ0) is 15.1. The molecule has 1 aliphatic heterocycles. The van der Waals surface area contributed by atoms with Crippen molar-refractivity contribution in [2.45, 2.75) is 25.6 Å². The summed E-state index contributed by atoms with van der Waals surface area (Å²) in [4.78, 5) is 13.1. The first-order valence-electron chi connectivity index (χ1n) is 5.86. The van der Waals surface area contributed by atoms with Gasteiger partial charge in [-0.2, -0.15) is 18.4 Å². The lowest BCUT2D eigenvalue weighted by Gasteiger charge is -2.23. The van der Waals surface area contributed by atoms with Crippen molar-refractivity contribution in [2.24, 2.45) is 0 Å². The van der Waals surface area contributed by atoms with Crippen molar-refractivity contribution in [1.82, 2.24) is 0 Å². The Balaban J connectivity index is 2.53. The summed E-state index contributed by atoms with van der Waals surface area (Å²) in [7, 11) is 0. The minimum absolute atomic E-state index is 0.127. The molecule has 1 saturated heterocycles. The van der Waals surface area contributed by atoms with Crippen LogP contribution < -0.4 is 4.90 Å². The molecule has 0 radical (unpaired) electrons. The lowest BCUT2D eigenvalue weighted by molar-refractivity contribution is -0.137. The summed E-state index contributed by atoms with van der Waals surface area (Å²) >= 11 is 0. The normalized spacial score (nSPS) is 19.4. The summed E-state index contributed by atoms with van der Waals surface area (Å²) < 4.78 is 38.7. The van der Waals surface area contributed by atoms with Crippen LogP contribution in [0, 0.1) is 11.3 Å². The molecular formula is C14H11F3N2O. The van der Waals surface area contributed by atoms with Crippen LogP contribution in [0.2, 0.25) is 0 Å². The number of halogens is 3. The fraction of sp³-hybridized carbons (Fsp3) is 0.286. The molecule has 3 nitrogen and oxygen atoms in total. The average Bonchev–Trinajstić information content (AvgIpc) is 2.61. The van der Waals surface area contributed by atoms with Gasteiger partial charge in [-0.25, -0.2) is 0 Å². The van der Waals surface area contributed by atoms with Crippen LogP contribution in [0.1, 0.15) is 24.5 Å². The highest BCUT2D eigenvalue weighted by atomic mass is 19.4. The van der Waals surface area contributed by atoms with Crippen LogP contribution in [-0.4, -0.2) is 11.9 Å². The van der Waals surface area contributed by atoms with Crippen molar-refractivity contribution in [3.8, 4) is 6.07 Å². The molecule has 20 heavy (non-hydrogen) atoms. The number of alkyl halides is 3. The van der Waals surface area contributed by atoms with Crippen LogP contribution >= 0.6 is 0 Å². The maximum Gasteiger partial charge on any atom is 0.417 e. The van der Waals surface area contributed by atoms with Crippen molar-refractivity contribution >= 4 is 11.6 Å². The van der Waals surface area contributed by atoms with Gasteiger partial charge < -0.3 is 4.90 Å². The molecule has 0 unspecified atom stereocenters. The van der Waals surface area contributed by atoms with E-state index >= 15 is 0 Å². The second-order valence-electron chi connectivity index (χ2n) is 4.61. The van der Waals surface area contributed by atoms with Gasteiger partial charge in [0.05, 0.1) is 23.2 Å². The van der Waals surface area contributed by atoms with Crippen LogP contribution in [0.15, 0.2) is 30.4 Å². The Bertz CT molecular complexity index is 628. The van der Waals surface area contributed by atoms with Gasteiger partial charge in [0.2, 0.25) is 5.91 Å². The van der Waals surface area contributed by atoms with Gasteiger partial charge in [-0.3, -0.25) is 4.79 Å².